The number of anilines is 2. The minimum absolute atomic E-state index is 0.0745. The second-order valence-corrected chi connectivity index (χ2v) is 13.4. The summed E-state index contributed by atoms with van der Waals surface area (Å²) in [4.78, 5) is 12.0. The van der Waals surface area contributed by atoms with Gasteiger partial charge < -0.3 is 10.0 Å². The van der Waals surface area contributed by atoms with Crippen molar-refractivity contribution in [3.8, 4) is 11.4 Å². The molecule has 1 unspecified atom stereocenters. The number of aryl methyl sites for hydroxylation is 1. The number of rotatable bonds is 7. The highest BCUT2D eigenvalue weighted by atomic mass is 32.2. The van der Waals surface area contributed by atoms with Crippen LogP contribution in [0.1, 0.15) is 55.8 Å². The number of para-hydroxylation sites is 1. The Morgan fingerprint density at radius 1 is 1.09 bits per heavy atom. The van der Waals surface area contributed by atoms with Gasteiger partial charge in [-0.05, 0) is 80.6 Å². The third kappa shape index (κ3) is 5.32. The highest BCUT2D eigenvalue weighted by Crippen LogP contribution is 2.45. The smallest absolute Gasteiger partial charge is 0.229 e. The average Bonchev–Trinajstić information content (AvgIpc) is 3.51. The van der Waals surface area contributed by atoms with Gasteiger partial charge in [-0.2, -0.15) is 9.78 Å². The number of pyridine rings is 1. The lowest BCUT2D eigenvalue weighted by Gasteiger charge is -2.47. The van der Waals surface area contributed by atoms with Gasteiger partial charge in [0, 0.05) is 29.5 Å². The van der Waals surface area contributed by atoms with Crippen LogP contribution >= 0.6 is 0 Å². The van der Waals surface area contributed by atoms with E-state index in [0.29, 0.717) is 52.5 Å². The summed E-state index contributed by atoms with van der Waals surface area (Å²) in [6, 6.07) is 16.9. The van der Waals surface area contributed by atoms with Crippen molar-refractivity contribution in [3.05, 3.63) is 83.4 Å². The van der Waals surface area contributed by atoms with Gasteiger partial charge in [-0.1, -0.05) is 25.1 Å². The van der Waals surface area contributed by atoms with Crippen molar-refractivity contribution in [2.24, 2.45) is 10.1 Å². The number of nitrogens with one attached hydrogen (secondary N) is 1. The molecule has 4 aromatic rings. The molecule has 2 aliphatic heterocycles. The molecule has 6 rings (SSSR count). The van der Waals surface area contributed by atoms with E-state index in [4.69, 9.17) is 10.1 Å². The first-order valence-corrected chi connectivity index (χ1v) is 16.0. The number of aliphatic hydroxyl groups excluding tert-OH is 1. The van der Waals surface area contributed by atoms with Crippen LogP contribution in [0.3, 0.4) is 0 Å². The molecule has 43 heavy (non-hydrogen) atoms. The molecule has 2 aromatic heterocycles. The SMILES string of the molecule is Cc1cc2c(cc1/N=C1/C(c3ccccn3)=Nn3c1nnc3-c1ccccc1NS(C)(=O)=O)C(C)CC(C)(C)N2CCO. The summed E-state index contributed by atoms with van der Waals surface area (Å²) in [6.45, 7) is 9.31. The van der Waals surface area contributed by atoms with Crippen molar-refractivity contribution < 1.29 is 13.5 Å². The second-order valence-electron chi connectivity index (χ2n) is 11.7. The van der Waals surface area contributed by atoms with Gasteiger partial charge in [-0.25, -0.2) is 13.4 Å². The number of fused-ring (bicyclic) bond motifs is 2. The lowest BCUT2D eigenvalue weighted by molar-refractivity contribution is 0.277. The van der Waals surface area contributed by atoms with Crippen LogP contribution in [0.4, 0.5) is 17.1 Å². The monoisotopic (exact) mass is 598 g/mol. The molecule has 12 heteroatoms. The van der Waals surface area contributed by atoms with Crippen LogP contribution in [0.5, 0.6) is 0 Å². The maximum absolute atomic E-state index is 12.1. The first kappa shape index (κ1) is 28.7. The fraction of sp³-hybridized carbons (Fsp3) is 0.323. The van der Waals surface area contributed by atoms with Crippen LogP contribution in [0.2, 0.25) is 0 Å². The Morgan fingerprint density at radius 2 is 1.84 bits per heavy atom. The number of benzene rings is 2. The number of aromatic nitrogens is 4. The summed E-state index contributed by atoms with van der Waals surface area (Å²) in [7, 11) is -3.54. The van der Waals surface area contributed by atoms with E-state index < -0.39 is 10.0 Å². The fourth-order valence-corrected chi connectivity index (χ4v) is 6.65. The van der Waals surface area contributed by atoms with E-state index >= 15 is 0 Å². The van der Waals surface area contributed by atoms with E-state index in [9.17, 15) is 13.5 Å². The Kier molecular flexibility index (Phi) is 7.13. The molecule has 0 saturated heterocycles. The van der Waals surface area contributed by atoms with E-state index in [1.807, 2.05) is 25.1 Å². The second kappa shape index (κ2) is 10.7. The van der Waals surface area contributed by atoms with Crippen molar-refractivity contribution in [2.75, 3.05) is 29.0 Å². The van der Waals surface area contributed by atoms with Crippen LogP contribution in [0.25, 0.3) is 11.4 Å². The summed E-state index contributed by atoms with van der Waals surface area (Å²) in [6.07, 6.45) is 3.74. The van der Waals surface area contributed by atoms with Gasteiger partial charge >= 0.3 is 0 Å². The molecule has 0 saturated carbocycles. The van der Waals surface area contributed by atoms with E-state index in [-0.39, 0.29) is 12.1 Å². The van der Waals surface area contributed by atoms with Gasteiger partial charge in [0.05, 0.1) is 29.9 Å². The molecule has 0 aliphatic carbocycles. The summed E-state index contributed by atoms with van der Waals surface area (Å²) in [5, 5.41) is 23.6. The zero-order valence-corrected chi connectivity index (χ0v) is 25.6. The molecule has 222 valence electrons. The number of hydrogen-bond donors (Lipinski definition) is 2. The molecule has 2 N–H and O–H groups in total. The Labute approximate surface area is 251 Å². The van der Waals surface area contributed by atoms with Crippen LogP contribution in [-0.4, -0.2) is 69.8 Å². The third-order valence-electron chi connectivity index (χ3n) is 7.91. The molecule has 4 heterocycles. The predicted octanol–water partition coefficient (Wildman–Crippen LogP) is 4.49. The molecular weight excluding hydrogens is 564 g/mol. The lowest BCUT2D eigenvalue weighted by Crippen LogP contribution is -2.49. The van der Waals surface area contributed by atoms with Gasteiger partial charge in [0.1, 0.15) is 11.4 Å². The molecular formula is C31H34N8O3S. The molecule has 0 fully saturated rings. The zero-order valence-electron chi connectivity index (χ0n) is 24.8. The summed E-state index contributed by atoms with van der Waals surface area (Å²) in [5.74, 6) is 1.09. The third-order valence-corrected chi connectivity index (χ3v) is 8.50. The van der Waals surface area contributed by atoms with Crippen molar-refractivity contribution in [3.63, 3.8) is 0 Å². The zero-order chi connectivity index (χ0) is 30.5. The van der Waals surface area contributed by atoms with Crippen molar-refractivity contribution in [1.29, 1.82) is 0 Å². The molecule has 11 nitrogen and oxygen atoms in total. The van der Waals surface area contributed by atoms with Crippen molar-refractivity contribution >= 4 is 38.5 Å². The van der Waals surface area contributed by atoms with Gasteiger partial charge in [0.2, 0.25) is 15.8 Å². The maximum atomic E-state index is 12.1. The predicted molar refractivity (Wildman–Crippen MR) is 169 cm³/mol. The molecule has 0 bridgehead atoms. The Morgan fingerprint density at radius 3 is 2.56 bits per heavy atom. The normalized spacial score (nSPS) is 18.4. The Bertz CT molecular complexity index is 1880. The molecule has 0 radical (unpaired) electrons. The quantitative estimate of drug-likeness (QED) is 0.320. The average molecular weight is 599 g/mol. The van der Waals surface area contributed by atoms with Gasteiger partial charge in [0.15, 0.2) is 5.82 Å². The first-order valence-electron chi connectivity index (χ1n) is 14.1. The Balaban J connectivity index is 1.51. The van der Waals surface area contributed by atoms with Crippen molar-refractivity contribution in [1.82, 2.24) is 19.9 Å². The maximum Gasteiger partial charge on any atom is 0.229 e. The molecule has 2 aliphatic rings. The van der Waals surface area contributed by atoms with Gasteiger partial charge in [-0.3, -0.25) is 9.71 Å². The number of hydrogen-bond acceptors (Lipinski definition) is 9. The highest BCUT2D eigenvalue weighted by molar-refractivity contribution is 7.92. The number of β-amino-alcohol motifs (C(OH)–C–C–N with tert-alkyl or cyclic N) is 1. The minimum atomic E-state index is -3.54. The standard InChI is InChI=1S/C31H34N8O3S/c1-19-16-26-22(20(2)18-31(3,4)38(26)14-15-40)17-25(19)33-28-27(24-12-8-9-13-32-24)36-39-29(34-35-30(28)39)21-10-6-7-11-23(21)37-43(5,41)42/h6-13,16-17,20,37,40H,14-15,18H2,1-5H3/b33-28-. The minimum Gasteiger partial charge on any atom is -0.395 e. The van der Waals surface area contributed by atoms with E-state index in [2.05, 4.69) is 57.7 Å². The number of nitrogens with zero attached hydrogens (tertiary/aromatic N) is 7. The van der Waals surface area contributed by atoms with Crippen molar-refractivity contribution in [2.45, 2.75) is 45.6 Å². The van der Waals surface area contributed by atoms with Gasteiger partial charge in [-0.15, -0.1) is 10.2 Å². The summed E-state index contributed by atoms with van der Waals surface area (Å²) < 4.78 is 28.3. The van der Waals surface area contributed by atoms with Crippen LogP contribution in [0, 0.1) is 6.92 Å². The first-order chi connectivity index (χ1) is 20.5. The van der Waals surface area contributed by atoms with Crippen LogP contribution in [-0.2, 0) is 10.0 Å². The van der Waals surface area contributed by atoms with Crippen LogP contribution < -0.4 is 9.62 Å². The number of aliphatic hydroxyl groups is 1. The number of aliphatic imine (C=N–C) groups is 1. The molecule has 2 aromatic carbocycles. The van der Waals surface area contributed by atoms with E-state index in [1.165, 1.54) is 5.56 Å². The topological polar surface area (TPSA) is 138 Å². The Hall–Kier alpha value is -4.42. The molecule has 0 amide bonds. The molecule has 1 atom stereocenters. The number of sulfonamides is 1. The summed E-state index contributed by atoms with van der Waals surface area (Å²) >= 11 is 0. The van der Waals surface area contributed by atoms with Gasteiger partial charge in [0.25, 0.3) is 0 Å². The van der Waals surface area contributed by atoms with Crippen LogP contribution in [0.15, 0.2) is 70.9 Å². The van der Waals surface area contributed by atoms with E-state index in [1.54, 1.807) is 35.1 Å². The molecule has 0 spiro atoms. The fourth-order valence-electron chi connectivity index (χ4n) is 6.07. The highest BCUT2D eigenvalue weighted by Gasteiger charge is 2.37. The lowest BCUT2D eigenvalue weighted by atomic mass is 9.79. The summed E-state index contributed by atoms with van der Waals surface area (Å²) in [5.41, 5.74) is 6.54. The largest absolute Gasteiger partial charge is 0.395 e. The van der Waals surface area contributed by atoms with E-state index in [0.717, 1.165) is 29.6 Å².